The van der Waals surface area contributed by atoms with E-state index in [1.807, 2.05) is 31.2 Å². The lowest BCUT2D eigenvalue weighted by Gasteiger charge is -2.01. The Labute approximate surface area is 141 Å². The van der Waals surface area contributed by atoms with Crippen molar-refractivity contribution in [2.24, 2.45) is 0 Å². The molecule has 0 saturated heterocycles. The van der Waals surface area contributed by atoms with Gasteiger partial charge in [-0.05, 0) is 36.2 Å². The summed E-state index contributed by atoms with van der Waals surface area (Å²) in [6.45, 7) is 1.94. The van der Waals surface area contributed by atoms with Crippen LogP contribution in [0.1, 0.15) is 11.1 Å². The number of alkyl halides is 1. The third kappa shape index (κ3) is 2.34. The Hall–Kier alpha value is -2.79. The van der Waals surface area contributed by atoms with Crippen LogP contribution in [0.25, 0.3) is 33.5 Å². The maximum Gasteiger partial charge on any atom is 0.336 e. The zero-order valence-corrected chi connectivity index (χ0v) is 13.6. The fraction of sp³-hybridized carbons (Fsp3) is 0.111. The van der Waals surface area contributed by atoms with Crippen LogP contribution in [-0.2, 0) is 5.88 Å². The average Bonchev–Trinajstić information content (AvgIpc) is 2.97. The van der Waals surface area contributed by atoms with Crippen LogP contribution in [0.2, 0.25) is 0 Å². The lowest BCUT2D eigenvalue weighted by Crippen LogP contribution is -1.99. The minimum atomic E-state index is -0.441. The predicted octanol–water partition coefficient (Wildman–Crippen LogP) is 4.23. The highest BCUT2D eigenvalue weighted by Crippen LogP contribution is 2.30. The zero-order chi connectivity index (χ0) is 16.8. The van der Waals surface area contributed by atoms with Crippen molar-refractivity contribution in [2.75, 3.05) is 5.73 Å². The van der Waals surface area contributed by atoms with Crippen molar-refractivity contribution in [1.82, 2.24) is 4.98 Å². The van der Waals surface area contributed by atoms with Gasteiger partial charge in [-0.2, -0.15) is 0 Å². The quantitative estimate of drug-likeness (QED) is 0.335. The van der Waals surface area contributed by atoms with Gasteiger partial charge in [-0.1, -0.05) is 6.07 Å². The third-order valence-corrected chi connectivity index (χ3v) is 4.30. The largest absolute Gasteiger partial charge is 0.436 e. The molecule has 0 aliphatic rings. The molecule has 2 aromatic heterocycles. The van der Waals surface area contributed by atoms with E-state index in [1.165, 1.54) is 6.07 Å². The minimum absolute atomic E-state index is 0.215. The van der Waals surface area contributed by atoms with Gasteiger partial charge in [0, 0.05) is 34.6 Å². The molecule has 2 N–H and O–H groups in total. The SMILES string of the molecule is Cc1ccc(-c2nc3cc4c(CCl)cc(=O)oc4cc3o2)cc1N. The van der Waals surface area contributed by atoms with E-state index in [9.17, 15) is 4.79 Å². The van der Waals surface area contributed by atoms with Crippen LogP contribution in [0.3, 0.4) is 0 Å². The molecule has 0 amide bonds. The molecule has 5 nitrogen and oxygen atoms in total. The van der Waals surface area contributed by atoms with E-state index in [-0.39, 0.29) is 5.88 Å². The monoisotopic (exact) mass is 340 g/mol. The Kier molecular flexibility index (Phi) is 3.32. The molecule has 0 aliphatic heterocycles. The van der Waals surface area contributed by atoms with Gasteiger partial charge >= 0.3 is 5.63 Å². The highest BCUT2D eigenvalue weighted by molar-refractivity contribution is 6.18. The number of hydrogen-bond donors (Lipinski definition) is 1. The Balaban J connectivity index is 1.96. The van der Waals surface area contributed by atoms with Gasteiger partial charge in [0.1, 0.15) is 11.1 Å². The second-order valence-corrected chi connectivity index (χ2v) is 5.90. The number of nitrogen functional groups attached to an aromatic ring is 1. The summed E-state index contributed by atoms with van der Waals surface area (Å²) in [4.78, 5) is 16.1. The lowest BCUT2D eigenvalue weighted by molar-refractivity contribution is 0.558. The maximum atomic E-state index is 11.6. The van der Waals surface area contributed by atoms with Crippen LogP contribution < -0.4 is 11.4 Å². The summed E-state index contributed by atoms with van der Waals surface area (Å²) in [7, 11) is 0. The fourth-order valence-corrected chi connectivity index (χ4v) is 2.88. The maximum absolute atomic E-state index is 11.6. The van der Waals surface area contributed by atoms with Crippen molar-refractivity contribution in [3.05, 3.63) is 57.9 Å². The van der Waals surface area contributed by atoms with E-state index < -0.39 is 5.63 Å². The summed E-state index contributed by atoms with van der Waals surface area (Å²) in [5, 5.41) is 0.750. The van der Waals surface area contributed by atoms with E-state index in [2.05, 4.69) is 4.98 Å². The van der Waals surface area contributed by atoms with Gasteiger partial charge in [0.05, 0.1) is 0 Å². The molecule has 0 unspecified atom stereocenters. The molecule has 0 spiro atoms. The van der Waals surface area contributed by atoms with Crippen LogP contribution in [-0.4, -0.2) is 4.98 Å². The van der Waals surface area contributed by atoms with Crippen molar-refractivity contribution >= 4 is 39.4 Å². The Morgan fingerprint density at radius 1 is 1.12 bits per heavy atom. The Bertz CT molecular complexity index is 1140. The molecule has 0 radical (unpaired) electrons. The first-order valence-electron chi connectivity index (χ1n) is 7.35. The molecule has 6 heteroatoms. The summed E-state index contributed by atoms with van der Waals surface area (Å²) in [5.41, 5.74) is 10.3. The van der Waals surface area contributed by atoms with E-state index in [0.717, 1.165) is 16.5 Å². The third-order valence-electron chi connectivity index (χ3n) is 4.01. The van der Waals surface area contributed by atoms with E-state index in [0.29, 0.717) is 33.8 Å². The first-order valence-corrected chi connectivity index (χ1v) is 7.88. The molecular weight excluding hydrogens is 328 g/mol. The molecular formula is C18H13ClN2O3. The van der Waals surface area contributed by atoms with Crippen molar-refractivity contribution < 1.29 is 8.83 Å². The van der Waals surface area contributed by atoms with Crippen LogP contribution in [0, 0.1) is 6.92 Å². The summed E-state index contributed by atoms with van der Waals surface area (Å²) in [6.07, 6.45) is 0. The van der Waals surface area contributed by atoms with Gasteiger partial charge in [0.25, 0.3) is 0 Å². The number of fused-ring (bicyclic) bond motifs is 2. The van der Waals surface area contributed by atoms with Crippen LogP contribution in [0.15, 0.2) is 50.0 Å². The van der Waals surface area contributed by atoms with Crippen molar-refractivity contribution in [3.8, 4) is 11.5 Å². The summed E-state index contributed by atoms with van der Waals surface area (Å²) in [5.74, 6) is 0.675. The van der Waals surface area contributed by atoms with Crippen molar-refractivity contribution in [1.29, 1.82) is 0 Å². The van der Waals surface area contributed by atoms with E-state index in [4.69, 9.17) is 26.2 Å². The van der Waals surface area contributed by atoms with Gasteiger partial charge in [-0.15, -0.1) is 11.6 Å². The molecule has 0 fully saturated rings. The van der Waals surface area contributed by atoms with Crippen LogP contribution in [0.5, 0.6) is 0 Å². The van der Waals surface area contributed by atoms with Gasteiger partial charge in [0.2, 0.25) is 5.89 Å². The number of halogens is 1. The molecule has 4 aromatic rings. The molecule has 0 saturated carbocycles. The summed E-state index contributed by atoms with van der Waals surface area (Å²) in [6, 6.07) is 10.5. The zero-order valence-electron chi connectivity index (χ0n) is 12.8. The van der Waals surface area contributed by atoms with Gasteiger partial charge < -0.3 is 14.6 Å². The number of aryl methyl sites for hydroxylation is 1. The smallest absolute Gasteiger partial charge is 0.336 e. The average molecular weight is 341 g/mol. The molecule has 24 heavy (non-hydrogen) atoms. The molecule has 120 valence electrons. The number of anilines is 1. The van der Waals surface area contributed by atoms with Crippen LogP contribution in [0.4, 0.5) is 5.69 Å². The first-order chi connectivity index (χ1) is 11.5. The number of nitrogens with two attached hydrogens (primary N) is 1. The minimum Gasteiger partial charge on any atom is -0.436 e. The standard InChI is InChI=1S/C18H13ClN2O3/c1-9-2-3-10(4-13(9)20)18-21-14-6-12-11(8-19)5-17(22)23-15(12)7-16(14)24-18/h2-7H,8,20H2,1H3. The van der Waals surface area contributed by atoms with Gasteiger partial charge in [0.15, 0.2) is 5.58 Å². The normalized spacial score (nSPS) is 11.4. The molecule has 0 bridgehead atoms. The number of oxazole rings is 1. The van der Waals surface area contributed by atoms with Crippen molar-refractivity contribution in [2.45, 2.75) is 12.8 Å². The molecule has 2 aromatic carbocycles. The Morgan fingerprint density at radius 2 is 1.96 bits per heavy atom. The molecule has 2 heterocycles. The second-order valence-electron chi connectivity index (χ2n) is 5.63. The Morgan fingerprint density at radius 3 is 2.71 bits per heavy atom. The van der Waals surface area contributed by atoms with E-state index >= 15 is 0 Å². The molecule has 0 aliphatic carbocycles. The predicted molar refractivity (Wildman–Crippen MR) is 94.2 cm³/mol. The first kappa shape index (κ1) is 14.8. The number of rotatable bonds is 2. The number of benzene rings is 2. The molecule has 4 rings (SSSR count). The van der Waals surface area contributed by atoms with Gasteiger partial charge in [-0.25, -0.2) is 9.78 Å². The van der Waals surface area contributed by atoms with Crippen LogP contribution >= 0.6 is 11.6 Å². The highest BCUT2D eigenvalue weighted by Gasteiger charge is 2.13. The van der Waals surface area contributed by atoms with Gasteiger partial charge in [-0.3, -0.25) is 0 Å². The second kappa shape index (κ2) is 5.39. The van der Waals surface area contributed by atoms with E-state index in [1.54, 1.807) is 6.07 Å². The number of nitrogens with zero attached hydrogens (tertiary/aromatic N) is 1. The number of hydrogen-bond acceptors (Lipinski definition) is 5. The topological polar surface area (TPSA) is 82.3 Å². The summed E-state index contributed by atoms with van der Waals surface area (Å²) >= 11 is 5.92. The highest BCUT2D eigenvalue weighted by atomic mass is 35.5. The lowest BCUT2D eigenvalue weighted by atomic mass is 10.1. The van der Waals surface area contributed by atoms with Crippen molar-refractivity contribution in [3.63, 3.8) is 0 Å². The molecule has 0 atom stereocenters. The fourth-order valence-electron chi connectivity index (χ4n) is 2.66. The number of aromatic nitrogens is 1. The summed E-state index contributed by atoms with van der Waals surface area (Å²) < 4.78 is 11.0.